The van der Waals surface area contributed by atoms with Gasteiger partial charge in [0, 0.05) is 0 Å². The molecule has 0 amide bonds. The van der Waals surface area contributed by atoms with Crippen molar-refractivity contribution in [2.75, 3.05) is 0 Å². The smallest absolute Gasteiger partial charge is 0.210 e. The highest BCUT2D eigenvalue weighted by Crippen LogP contribution is 2.62. The minimum Gasteiger partial charge on any atom is -0.218 e. The average Bonchev–Trinajstić information content (AvgIpc) is 3.58. The predicted molar refractivity (Wildman–Crippen MR) is 183 cm³/mol. The summed E-state index contributed by atoms with van der Waals surface area (Å²) in [5.41, 5.74) is 2.73. The van der Waals surface area contributed by atoms with E-state index in [1.54, 1.807) is 22.7 Å². The standard InChI is InChI=1S/C30H44O4S5Si2/c1-15(2)40(16(3)4,17(5)6)23-13-21-25(35-23)27-29(38(21,31)32)30-28(37-27)26-22(39(30,33)34)14-24(36-26)41(18(7)8,19(9)10)20(11)12/h13-20H,1-12H3. The van der Waals surface area contributed by atoms with Crippen LogP contribution < -0.4 is 9.00 Å². The van der Waals surface area contributed by atoms with E-state index in [9.17, 15) is 16.8 Å². The second-order valence-corrected chi connectivity index (χ2v) is 33.1. The molecule has 5 heterocycles. The largest absolute Gasteiger partial charge is 0.218 e. The molecule has 5 rings (SSSR count). The predicted octanol–water partition coefficient (Wildman–Crippen LogP) is 9.27. The fraction of sp³-hybridized carbons (Fsp3) is 0.600. The van der Waals surface area contributed by atoms with Crippen molar-refractivity contribution in [2.24, 2.45) is 0 Å². The molecule has 226 valence electrons. The first-order chi connectivity index (χ1) is 18.8. The monoisotopic (exact) mass is 684 g/mol. The van der Waals surface area contributed by atoms with Gasteiger partial charge < -0.3 is 0 Å². The Bertz CT molecular complexity index is 1580. The molecule has 3 aromatic rings. The van der Waals surface area contributed by atoms with Crippen LogP contribution in [-0.2, 0) is 19.7 Å². The number of hydrogen-bond donors (Lipinski definition) is 0. The summed E-state index contributed by atoms with van der Waals surface area (Å²) in [4.78, 5) is 3.56. The zero-order valence-corrected chi connectivity index (χ0v) is 32.4. The Kier molecular flexibility index (Phi) is 7.74. The van der Waals surface area contributed by atoms with Crippen LogP contribution in [0.3, 0.4) is 0 Å². The third kappa shape index (κ3) is 3.87. The van der Waals surface area contributed by atoms with Crippen LogP contribution in [0.4, 0.5) is 0 Å². The van der Waals surface area contributed by atoms with Gasteiger partial charge in [0.1, 0.15) is 25.9 Å². The first kappa shape index (κ1) is 31.8. The average molecular weight is 685 g/mol. The summed E-state index contributed by atoms with van der Waals surface area (Å²) < 4.78 is 59.2. The molecule has 0 spiro atoms. The quantitative estimate of drug-likeness (QED) is 0.153. The highest BCUT2D eigenvalue weighted by Gasteiger charge is 2.54. The maximum absolute atomic E-state index is 14.2. The van der Waals surface area contributed by atoms with Crippen LogP contribution in [0.1, 0.15) is 83.1 Å². The lowest BCUT2D eigenvalue weighted by Gasteiger charge is -2.42. The van der Waals surface area contributed by atoms with Gasteiger partial charge in [-0.15, -0.1) is 34.0 Å². The molecule has 0 radical (unpaired) electrons. The summed E-state index contributed by atoms with van der Waals surface area (Å²) in [5, 5.41) is 0. The summed E-state index contributed by atoms with van der Waals surface area (Å²) in [6.45, 7) is 27.4. The molecular weight excluding hydrogens is 641 g/mol. The molecule has 11 heteroatoms. The van der Waals surface area contributed by atoms with Crippen molar-refractivity contribution < 1.29 is 16.8 Å². The number of hydrogen-bond acceptors (Lipinski definition) is 7. The molecule has 0 saturated heterocycles. The third-order valence-corrected chi connectivity index (χ3v) is 34.3. The van der Waals surface area contributed by atoms with Crippen LogP contribution in [0, 0.1) is 0 Å². The SMILES string of the molecule is CC(C)[Si](c1cc2c(s1)-c1sc3c(c1S2(=O)=O)S(=O)(=O)c1cc([Si](C(C)C)(C(C)C)C(C)C)sc1-3)(C(C)C)C(C)C. The molecule has 2 aliphatic heterocycles. The van der Waals surface area contributed by atoms with Gasteiger partial charge in [-0.05, 0) is 54.4 Å². The van der Waals surface area contributed by atoms with E-state index in [1.165, 1.54) is 20.3 Å². The zero-order chi connectivity index (χ0) is 30.8. The summed E-state index contributed by atoms with van der Waals surface area (Å²) in [5.74, 6) is 0. The van der Waals surface area contributed by atoms with E-state index in [0.29, 0.717) is 52.8 Å². The van der Waals surface area contributed by atoms with Gasteiger partial charge in [-0.3, -0.25) is 0 Å². The van der Waals surface area contributed by atoms with E-state index in [2.05, 4.69) is 83.1 Å². The van der Waals surface area contributed by atoms with E-state index >= 15 is 0 Å². The van der Waals surface area contributed by atoms with Crippen LogP contribution in [0.5, 0.6) is 0 Å². The van der Waals surface area contributed by atoms with Gasteiger partial charge in [-0.2, -0.15) is 0 Å². The summed E-state index contributed by atoms with van der Waals surface area (Å²) in [6, 6.07) is 3.87. The number of rotatable bonds is 8. The van der Waals surface area contributed by atoms with Gasteiger partial charge in [0.25, 0.3) is 0 Å². The van der Waals surface area contributed by atoms with E-state index < -0.39 is 35.8 Å². The highest BCUT2D eigenvalue weighted by molar-refractivity contribution is 7.96. The molecule has 0 aromatic carbocycles. The molecule has 0 atom stereocenters. The van der Waals surface area contributed by atoms with Crippen molar-refractivity contribution in [1.29, 1.82) is 0 Å². The summed E-state index contributed by atoms with van der Waals surface area (Å²) >= 11 is 4.65. The minimum absolute atomic E-state index is 0.0428. The van der Waals surface area contributed by atoms with E-state index in [0.717, 1.165) is 9.75 Å². The second-order valence-electron chi connectivity index (χ2n) is 13.8. The molecule has 0 saturated carbocycles. The Morgan fingerprint density at radius 2 is 0.732 bits per heavy atom. The van der Waals surface area contributed by atoms with Gasteiger partial charge in [0.2, 0.25) is 19.7 Å². The molecule has 0 unspecified atom stereocenters. The van der Waals surface area contributed by atoms with Crippen molar-refractivity contribution in [3.05, 3.63) is 12.1 Å². The van der Waals surface area contributed by atoms with Crippen molar-refractivity contribution in [1.82, 2.24) is 0 Å². The molecule has 0 N–H and O–H groups in total. The normalized spacial score (nSPS) is 17.4. The molecule has 41 heavy (non-hydrogen) atoms. The lowest BCUT2D eigenvalue weighted by atomic mass is 10.3. The molecule has 0 bridgehead atoms. The summed E-state index contributed by atoms with van der Waals surface area (Å²) in [6.07, 6.45) is 0. The van der Waals surface area contributed by atoms with Crippen LogP contribution in [-0.4, -0.2) is 33.0 Å². The zero-order valence-electron chi connectivity index (χ0n) is 26.3. The fourth-order valence-electron chi connectivity index (χ4n) is 9.01. The molecule has 2 aliphatic rings. The lowest BCUT2D eigenvalue weighted by molar-refractivity contribution is 0.587. The second kappa shape index (κ2) is 9.97. The molecular formula is C30H44O4S5Si2. The minimum atomic E-state index is -3.93. The summed E-state index contributed by atoms with van der Waals surface area (Å²) in [7, 11) is -12.0. The molecule has 4 nitrogen and oxygen atoms in total. The Labute approximate surface area is 261 Å². The van der Waals surface area contributed by atoms with Crippen molar-refractivity contribution in [2.45, 2.75) is 136 Å². The number of fused-ring (bicyclic) bond motifs is 7. The van der Waals surface area contributed by atoms with Gasteiger partial charge in [0.15, 0.2) is 0 Å². The van der Waals surface area contributed by atoms with Crippen LogP contribution >= 0.6 is 34.0 Å². The van der Waals surface area contributed by atoms with Gasteiger partial charge in [-0.1, -0.05) is 83.1 Å². The molecule has 0 aliphatic carbocycles. The Hall–Kier alpha value is -0.566. The Morgan fingerprint density at radius 3 is 0.976 bits per heavy atom. The van der Waals surface area contributed by atoms with Crippen LogP contribution in [0.2, 0.25) is 33.2 Å². The topological polar surface area (TPSA) is 68.3 Å². The maximum atomic E-state index is 14.2. The lowest BCUT2D eigenvalue weighted by Crippen LogP contribution is -2.54. The fourth-order valence-corrected chi connectivity index (χ4v) is 36.8. The molecule has 0 fully saturated rings. The number of sulfone groups is 2. The van der Waals surface area contributed by atoms with Crippen LogP contribution in [0.25, 0.3) is 19.5 Å². The van der Waals surface area contributed by atoms with E-state index in [-0.39, 0.29) is 9.79 Å². The van der Waals surface area contributed by atoms with Gasteiger partial charge in [0.05, 0.1) is 29.3 Å². The molecule has 3 aromatic heterocycles. The van der Waals surface area contributed by atoms with E-state index in [1.807, 2.05) is 12.1 Å². The first-order valence-corrected chi connectivity index (χ1v) is 24.7. The Balaban J connectivity index is 1.76. The number of thiophene rings is 3. The first-order valence-electron chi connectivity index (χ1n) is 14.8. The van der Waals surface area contributed by atoms with Crippen molar-refractivity contribution >= 4 is 78.8 Å². The van der Waals surface area contributed by atoms with Crippen LogP contribution in [0.15, 0.2) is 31.7 Å². The van der Waals surface area contributed by atoms with Gasteiger partial charge in [-0.25, -0.2) is 16.8 Å². The van der Waals surface area contributed by atoms with Crippen molar-refractivity contribution in [3.63, 3.8) is 0 Å². The Morgan fingerprint density at radius 1 is 0.463 bits per heavy atom. The highest BCUT2D eigenvalue weighted by atomic mass is 32.2. The van der Waals surface area contributed by atoms with Gasteiger partial charge >= 0.3 is 0 Å². The maximum Gasteiger partial charge on any atom is 0.210 e. The van der Waals surface area contributed by atoms with Crippen molar-refractivity contribution in [3.8, 4) is 19.5 Å². The third-order valence-electron chi connectivity index (χ3n) is 10.3. The van der Waals surface area contributed by atoms with E-state index in [4.69, 9.17) is 0 Å².